The number of oxazole rings is 1. The maximum atomic E-state index is 11.8. The van der Waals surface area contributed by atoms with E-state index in [-0.39, 0.29) is 19.0 Å². The van der Waals surface area contributed by atoms with Gasteiger partial charge in [-0.05, 0) is 25.0 Å². The standard InChI is InChI=1S/C15H15ClN4O5/c16-8-1-4-10-11(7-8)25-15(24)20(10)6-5-12(21)18-19-14(23)13(22)17-9-2-3-9/h1,4,7,9H,2-3,5-6H2,(H,17,22)(H,18,21)(H,19,23). The van der Waals surface area contributed by atoms with Crippen molar-refractivity contribution >= 4 is 40.4 Å². The van der Waals surface area contributed by atoms with Gasteiger partial charge in [-0.3, -0.25) is 29.8 Å². The molecule has 10 heteroatoms. The second-order valence-corrected chi connectivity index (χ2v) is 6.07. The summed E-state index contributed by atoms with van der Waals surface area (Å²) in [5.41, 5.74) is 4.99. The fourth-order valence-electron chi connectivity index (χ4n) is 2.19. The first kappa shape index (κ1) is 17.0. The third-order valence-electron chi connectivity index (χ3n) is 3.63. The van der Waals surface area contributed by atoms with Crippen molar-refractivity contribution < 1.29 is 18.8 Å². The predicted molar refractivity (Wildman–Crippen MR) is 87.6 cm³/mol. The molecule has 0 atom stereocenters. The van der Waals surface area contributed by atoms with E-state index in [0.29, 0.717) is 16.1 Å². The highest BCUT2D eigenvalue weighted by atomic mass is 35.5. The number of carbonyl (C=O) groups is 3. The van der Waals surface area contributed by atoms with Crippen LogP contribution in [0, 0.1) is 0 Å². The normalized spacial score (nSPS) is 13.5. The van der Waals surface area contributed by atoms with E-state index in [4.69, 9.17) is 16.0 Å². The van der Waals surface area contributed by atoms with E-state index in [1.54, 1.807) is 12.1 Å². The Morgan fingerprint density at radius 3 is 2.68 bits per heavy atom. The zero-order valence-corrected chi connectivity index (χ0v) is 13.8. The number of fused-ring (bicyclic) bond motifs is 1. The van der Waals surface area contributed by atoms with Crippen LogP contribution >= 0.6 is 11.6 Å². The third kappa shape index (κ3) is 4.18. The van der Waals surface area contributed by atoms with Gasteiger partial charge in [0, 0.05) is 30.1 Å². The van der Waals surface area contributed by atoms with E-state index in [9.17, 15) is 19.2 Å². The first-order valence-corrected chi connectivity index (χ1v) is 8.00. The van der Waals surface area contributed by atoms with E-state index in [2.05, 4.69) is 10.7 Å². The van der Waals surface area contributed by atoms with E-state index in [0.717, 1.165) is 12.8 Å². The van der Waals surface area contributed by atoms with E-state index >= 15 is 0 Å². The summed E-state index contributed by atoms with van der Waals surface area (Å²) in [6.45, 7) is 0.0451. The number of carbonyl (C=O) groups excluding carboxylic acids is 3. The molecule has 3 amide bonds. The van der Waals surface area contributed by atoms with Crippen LogP contribution in [0.3, 0.4) is 0 Å². The molecule has 1 aliphatic rings. The minimum absolute atomic E-state index is 0.0451. The van der Waals surface area contributed by atoms with Crippen LogP contribution in [0.15, 0.2) is 27.4 Å². The molecule has 0 radical (unpaired) electrons. The van der Waals surface area contributed by atoms with Gasteiger partial charge in [0.2, 0.25) is 5.91 Å². The molecule has 0 bridgehead atoms. The summed E-state index contributed by atoms with van der Waals surface area (Å²) < 4.78 is 6.34. The molecule has 1 aliphatic carbocycles. The lowest BCUT2D eigenvalue weighted by Gasteiger charge is -2.07. The summed E-state index contributed by atoms with van der Waals surface area (Å²) in [6, 6.07) is 4.77. The van der Waals surface area contributed by atoms with Crippen LogP contribution in [0.4, 0.5) is 0 Å². The smallest absolute Gasteiger partial charge is 0.408 e. The maximum absolute atomic E-state index is 11.8. The molecule has 1 saturated carbocycles. The third-order valence-corrected chi connectivity index (χ3v) is 3.86. The Labute approximate surface area is 146 Å². The van der Waals surface area contributed by atoms with Gasteiger partial charge < -0.3 is 9.73 Å². The molecule has 9 nitrogen and oxygen atoms in total. The number of aromatic nitrogens is 1. The number of aryl methyl sites for hydroxylation is 1. The van der Waals surface area contributed by atoms with Crippen LogP contribution < -0.4 is 21.9 Å². The number of hydrogen-bond acceptors (Lipinski definition) is 5. The molecule has 1 aromatic heterocycles. The Hall–Kier alpha value is -2.81. The van der Waals surface area contributed by atoms with Crippen molar-refractivity contribution in [1.29, 1.82) is 0 Å². The van der Waals surface area contributed by atoms with Gasteiger partial charge in [0.1, 0.15) is 0 Å². The van der Waals surface area contributed by atoms with Gasteiger partial charge in [0.05, 0.1) is 5.52 Å². The highest BCUT2D eigenvalue weighted by Crippen LogP contribution is 2.19. The van der Waals surface area contributed by atoms with Crippen molar-refractivity contribution in [3.05, 3.63) is 33.8 Å². The molecule has 1 heterocycles. The van der Waals surface area contributed by atoms with Gasteiger partial charge in [-0.15, -0.1) is 0 Å². The molecule has 25 heavy (non-hydrogen) atoms. The molecular formula is C15H15ClN4O5. The predicted octanol–water partition coefficient (Wildman–Crippen LogP) is 0.0640. The topological polar surface area (TPSA) is 122 Å². The zero-order valence-electron chi connectivity index (χ0n) is 13.0. The highest BCUT2D eigenvalue weighted by Gasteiger charge is 2.26. The average Bonchev–Trinajstić information content (AvgIpc) is 3.32. The number of hydrazine groups is 1. The molecule has 0 saturated heterocycles. The first-order valence-electron chi connectivity index (χ1n) is 7.62. The molecule has 3 N–H and O–H groups in total. The lowest BCUT2D eigenvalue weighted by Crippen LogP contribution is -2.49. The lowest BCUT2D eigenvalue weighted by atomic mass is 10.3. The van der Waals surface area contributed by atoms with Crippen LogP contribution in [0.5, 0.6) is 0 Å². The number of halogens is 1. The first-order chi connectivity index (χ1) is 11.9. The number of nitrogens with zero attached hydrogens (tertiary/aromatic N) is 1. The Kier molecular flexibility index (Phi) is 4.75. The molecule has 0 aliphatic heterocycles. The fraction of sp³-hybridized carbons (Fsp3) is 0.333. The minimum Gasteiger partial charge on any atom is -0.408 e. The summed E-state index contributed by atoms with van der Waals surface area (Å²) in [6.07, 6.45) is 1.61. The molecule has 1 aromatic carbocycles. The van der Waals surface area contributed by atoms with E-state index in [1.165, 1.54) is 10.6 Å². The van der Waals surface area contributed by atoms with Gasteiger partial charge in [-0.25, -0.2) is 4.79 Å². The quantitative estimate of drug-likeness (QED) is 0.522. The Morgan fingerprint density at radius 1 is 1.20 bits per heavy atom. The van der Waals surface area contributed by atoms with Gasteiger partial charge in [0.25, 0.3) is 0 Å². The van der Waals surface area contributed by atoms with Crippen molar-refractivity contribution in [2.75, 3.05) is 0 Å². The maximum Gasteiger partial charge on any atom is 0.419 e. The largest absolute Gasteiger partial charge is 0.419 e. The van der Waals surface area contributed by atoms with Gasteiger partial charge in [-0.1, -0.05) is 11.6 Å². The van der Waals surface area contributed by atoms with Gasteiger partial charge in [-0.2, -0.15) is 0 Å². The summed E-state index contributed by atoms with van der Waals surface area (Å²) in [7, 11) is 0. The van der Waals surface area contributed by atoms with Crippen molar-refractivity contribution in [2.45, 2.75) is 31.8 Å². The molecule has 1 fully saturated rings. The van der Waals surface area contributed by atoms with Crippen LogP contribution in [0.1, 0.15) is 19.3 Å². The Morgan fingerprint density at radius 2 is 1.96 bits per heavy atom. The van der Waals surface area contributed by atoms with Crippen molar-refractivity contribution in [2.24, 2.45) is 0 Å². The summed E-state index contributed by atoms with van der Waals surface area (Å²) >= 11 is 5.83. The van der Waals surface area contributed by atoms with Gasteiger partial charge in [0.15, 0.2) is 5.58 Å². The summed E-state index contributed by atoms with van der Waals surface area (Å²) in [4.78, 5) is 46.5. The lowest BCUT2D eigenvalue weighted by molar-refractivity contribution is -0.141. The van der Waals surface area contributed by atoms with Crippen LogP contribution in [0.25, 0.3) is 11.1 Å². The SMILES string of the molecule is O=C(CCn1c(=O)oc2cc(Cl)ccc21)NNC(=O)C(=O)NC1CC1. The zero-order chi connectivity index (χ0) is 18.0. The monoisotopic (exact) mass is 366 g/mol. The van der Waals surface area contributed by atoms with Crippen LogP contribution in [0.2, 0.25) is 5.02 Å². The highest BCUT2D eigenvalue weighted by molar-refractivity contribution is 6.35. The van der Waals surface area contributed by atoms with Crippen molar-refractivity contribution in [1.82, 2.24) is 20.7 Å². The fourth-order valence-corrected chi connectivity index (χ4v) is 2.35. The number of rotatable bonds is 4. The number of hydrogen-bond donors (Lipinski definition) is 3. The summed E-state index contributed by atoms with van der Waals surface area (Å²) in [5.74, 6) is -2.90. The minimum atomic E-state index is -0.944. The number of benzene rings is 1. The molecule has 132 valence electrons. The van der Waals surface area contributed by atoms with Crippen LogP contribution in [-0.2, 0) is 20.9 Å². The van der Waals surface area contributed by atoms with E-state index < -0.39 is 23.5 Å². The summed E-state index contributed by atoms with van der Waals surface area (Å²) in [5, 5.41) is 2.92. The van der Waals surface area contributed by atoms with Crippen molar-refractivity contribution in [3.8, 4) is 0 Å². The average molecular weight is 367 g/mol. The van der Waals surface area contributed by atoms with E-state index in [1.807, 2.05) is 5.43 Å². The molecule has 0 unspecified atom stereocenters. The number of amides is 3. The second kappa shape index (κ2) is 6.98. The molecule has 0 spiro atoms. The second-order valence-electron chi connectivity index (χ2n) is 5.63. The van der Waals surface area contributed by atoms with Crippen LogP contribution in [-0.4, -0.2) is 28.3 Å². The number of nitrogens with one attached hydrogen (secondary N) is 3. The molecular weight excluding hydrogens is 352 g/mol. The molecule has 2 aromatic rings. The Bertz CT molecular complexity index is 899. The van der Waals surface area contributed by atoms with Gasteiger partial charge >= 0.3 is 17.6 Å². The Balaban J connectivity index is 1.52. The molecule has 3 rings (SSSR count). The van der Waals surface area contributed by atoms with Crippen molar-refractivity contribution in [3.63, 3.8) is 0 Å².